The topological polar surface area (TPSA) is 41.3 Å². The second kappa shape index (κ2) is 4.77. The molecule has 0 radical (unpaired) electrons. The van der Waals surface area contributed by atoms with E-state index in [9.17, 15) is 4.79 Å². The Kier molecular flexibility index (Phi) is 3.52. The van der Waals surface area contributed by atoms with Crippen molar-refractivity contribution >= 4 is 11.8 Å². The lowest BCUT2D eigenvalue weighted by Crippen LogP contribution is -2.36. The molecule has 1 saturated heterocycles. The molecule has 0 aromatic carbocycles. The van der Waals surface area contributed by atoms with Crippen LogP contribution in [0.3, 0.4) is 0 Å². The van der Waals surface area contributed by atoms with E-state index in [1.807, 2.05) is 25.3 Å². The highest BCUT2D eigenvalue weighted by atomic mass is 16.6. The SMILES string of the molecule is CC(C)(C)OC(=O)/[N+](CC1CC1)=C1\CCNC1. The van der Waals surface area contributed by atoms with Crippen LogP contribution in [0, 0.1) is 5.92 Å². The van der Waals surface area contributed by atoms with E-state index in [1.54, 1.807) is 0 Å². The van der Waals surface area contributed by atoms with Crippen LogP contribution in [0.4, 0.5) is 4.79 Å². The normalized spacial score (nSPS) is 23.7. The Morgan fingerprint density at radius 3 is 2.65 bits per heavy atom. The van der Waals surface area contributed by atoms with Gasteiger partial charge in [-0.05, 0) is 33.6 Å². The Labute approximate surface area is 103 Å². The largest absolute Gasteiger partial charge is 0.596 e. The van der Waals surface area contributed by atoms with E-state index in [1.165, 1.54) is 18.6 Å². The van der Waals surface area contributed by atoms with Crippen molar-refractivity contribution in [3.63, 3.8) is 0 Å². The van der Waals surface area contributed by atoms with Crippen LogP contribution in [0.1, 0.15) is 40.0 Å². The van der Waals surface area contributed by atoms with Crippen LogP contribution in [0.5, 0.6) is 0 Å². The maximum absolute atomic E-state index is 12.2. The molecule has 1 amide bonds. The molecular weight excluding hydrogens is 216 g/mol. The second-order valence-electron chi connectivity index (χ2n) is 6.03. The fourth-order valence-electron chi connectivity index (χ4n) is 1.99. The number of hydrogen-bond donors (Lipinski definition) is 1. The van der Waals surface area contributed by atoms with Crippen molar-refractivity contribution in [1.82, 2.24) is 5.32 Å². The van der Waals surface area contributed by atoms with Gasteiger partial charge in [0, 0.05) is 18.9 Å². The van der Waals surface area contributed by atoms with Gasteiger partial charge in [0.25, 0.3) is 0 Å². The maximum Gasteiger partial charge on any atom is 0.596 e. The van der Waals surface area contributed by atoms with Gasteiger partial charge in [-0.3, -0.25) is 0 Å². The minimum Gasteiger partial charge on any atom is -0.406 e. The zero-order valence-electron chi connectivity index (χ0n) is 11.1. The third-order valence-corrected chi connectivity index (χ3v) is 3.05. The lowest BCUT2D eigenvalue weighted by molar-refractivity contribution is -0.456. The monoisotopic (exact) mass is 239 g/mol. The summed E-state index contributed by atoms with van der Waals surface area (Å²) < 4.78 is 7.34. The van der Waals surface area contributed by atoms with Crippen LogP contribution >= 0.6 is 0 Å². The molecule has 0 bridgehead atoms. The number of amides is 1. The van der Waals surface area contributed by atoms with Crippen LogP contribution in [0.25, 0.3) is 0 Å². The van der Waals surface area contributed by atoms with E-state index >= 15 is 0 Å². The van der Waals surface area contributed by atoms with Crippen molar-refractivity contribution in [2.24, 2.45) is 5.92 Å². The minimum atomic E-state index is -0.411. The van der Waals surface area contributed by atoms with Gasteiger partial charge in [0.1, 0.15) is 5.60 Å². The minimum absolute atomic E-state index is 0.178. The van der Waals surface area contributed by atoms with Gasteiger partial charge < -0.3 is 10.1 Å². The van der Waals surface area contributed by atoms with Gasteiger partial charge in [0.15, 0.2) is 12.3 Å². The summed E-state index contributed by atoms with van der Waals surface area (Å²) in [6.07, 6.45) is 3.29. The Morgan fingerprint density at radius 1 is 1.47 bits per heavy atom. The Hall–Kier alpha value is -0.900. The summed E-state index contributed by atoms with van der Waals surface area (Å²) in [4.78, 5) is 12.2. The molecule has 1 N–H and O–H groups in total. The van der Waals surface area contributed by atoms with Gasteiger partial charge in [0.05, 0.1) is 6.54 Å². The smallest absolute Gasteiger partial charge is 0.406 e. The van der Waals surface area contributed by atoms with Crippen LogP contribution in [0.2, 0.25) is 0 Å². The number of carbonyl (C=O) groups excluding carboxylic acids is 1. The lowest BCUT2D eigenvalue weighted by Gasteiger charge is -2.17. The molecule has 2 rings (SSSR count). The molecule has 17 heavy (non-hydrogen) atoms. The molecule has 0 aromatic heterocycles. The highest BCUT2D eigenvalue weighted by Gasteiger charge is 2.36. The summed E-state index contributed by atoms with van der Waals surface area (Å²) in [6, 6.07) is 0. The lowest BCUT2D eigenvalue weighted by atomic mass is 10.2. The molecule has 0 aromatic rings. The molecule has 2 aliphatic rings. The molecule has 1 heterocycles. The third kappa shape index (κ3) is 3.80. The fourth-order valence-corrected chi connectivity index (χ4v) is 1.99. The third-order valence-electron chi connectivity index (χ3n) is 3.05. The fraction of sp³-hybridized carbons (Fsp3) is 0.846. The van der Waals surface area contributed by atoms with Crippen molar-refractivity contribution < 1.29 is 14.1 Å². The molecule has 2 fully saturated rings. The first-order valence-electron chi connectivity index (χ1n) is 6.51. The van der Waals surface area contributed by atoms with Crippen molar-refractivity contribution in [3.05, 3.63) is 0 Å². The molecule has 0 spiro atoms. The van der Waals surface area contributed by atoms with Crippen LogP contribution in [-0.2, 0) is 4.74 Å². The highest BCUT2D eigenvalue weighted by Crippen LogP contribution is 2.29. The standard InChI is InChI=1S/C13H23N2O2/c1-13(2,3)17-12(16)15(9-10-4-5-10)11-6-7-14-8-11/h10,14H,4-9H2,1-3H3/q+1/b15-11+. The van der Waals surface area contributed by atoms with E-state index in [0.29, 0.717) is 5.92 Å². The van der Waals surface area contributed by atoms with Gasteiger partial charge >= 0.3 is 6.09 Å². The van der Waals surface area contributed by atoms with Crippen molar-refractivity contribution in [3.8, 4) is 0 Å². The summed E-state index contributed by atoms with van der Waals surface area (Å²) in [6.45, 7) is 8.38. The predicted octanol–water partition coefficient (Wildman–Crippen LogP) is 1.78. The Bertz CT molecular complexity index is 330. The maximum atomic E-state index is 12.2. The van der Waals surface area contributed by atoms with Gasteiger partial charge in [-0.15, -0.1) is 4.58 Å². The molecule has 4 heteroatoms. The van der Waals surface area contributed by atoms with Crippen molar-refractivity contribution in [2.75, 3.05) is 19.6 Å². The molecule has 1 saturated carbocycles. The predicted molar refractivity (Wildman–Crippen MR) is 66.6 cm³/mol. The molecule has 0 atom stereocenters. The van der Waals surface area contributed by atoms with Crippen LogP contribution in [-0.4, -0.2) is 41.6 Å². The van der Waals surface area contributed by atoms with Crippen LogP contribution < -0.4 is 5.32 Å². The molecular formula is C13H23N2O2+. The summed E-state index contributed by atoms with van der Waals surface area (Å²) in [5.41, 5.74) is 0.775. The molecule has 1 aliphatic carbocycles. The number of rotatable bonds is 2. The van der Waals surface area contributed by atoms with Gasteiger partial charge in [0.2, 0.25) is 0 Å². The zero-order chi connectivity index (χ0) is 12.5. The summed E-state index contributed by atoms with van der Waals surface area (Å²) in [5.74, 6) is 0.690. The van der Waals surface area contributed by atoms with Gasteiger partial charge in [-0.25, -0.2) is 0 Å². The van der Waals surface area contributed by atoms with Crippen molar-refractivity contribution in [1.29, 1.82) is 0 Å². The molecule has 0 unspecified atom stereocenters. The van der Waals surface area contributed by atoms with Gasteiger partial charge in [-0.1, -0.05) is 0 Å². The average Bonchev–Trinajstić information content (AvgIpc) is 2.85. The first-order chi connectivity index (χ1) is 7.96. The van der Waals surface area contributed by atoms with Gasteiger partial charge in [-0.2, -0.15) is 4.79 Å². The van der Waals surface area contributed by atoms with E-state index < -0.39 is 5.60 Å². The molecule has 1 aliphatic heterocycles. The molecule has 4 nitrogen and oxygen atoms in total. The summed E-state index contributed by atoms with van der Waals surface area (Å²) in [7, 11) is 0. The first kappa shape index (κ1) is 12.6. The number of nitrogens with one attached hydrogen (secondary N) is 1. The van der Waals surface area contributed by atoms with E-state index in [-0.39, 0.29) is 6.09 Å². The van der Waals surface area contributed by atoms with Crippen LogP contribution in [0.15, 0.2) is 0 Å². The molecule has 96 valence electrons. The number of carbonyl (C=O) groups is 1. The first-order valence-corrected chi connectivity index (χ1v) is 6.51. The number of ether oxygens (including phenoxy) is 1. The Balaban J connectivity index is 2.08. The van der Waals surface area contributed by atoms with E-state index in [0.717, 1.165) is 26.1 Å². The van der Waals surface area contributed by atoms with E-state index in [2.05, 4.69) is 5.32 Å². The summed E-state index contributed by atoms with van der Waals surface area (Å²) >= 11 is 0. The van der Waals surface area contributed by atoms with E-state index in [4.69, 9.17) is 4.74 Å². The number of hydrogen-bond acceptors (Lipinski definition) is 3. The number of nitrogens with zero attached hydrogens (tertiary/aromatic N) is 1. The highest BCUT2D eigenvalue weighted by molar-refractivity contribution is 5.87. The summed E-state index contributed by atoms with van der Waals surface area (Å²) in [5, 5.41) is 3.28. The zero-order valence-corrected chi connectivity index (χ0v) is 11.1. The quantitative estimate of drug-likeness (QED) is 0.747. The Morgan fingerprint density at radius 2 is 2.18 bits per heavy atom. The van der Waals surface area contributed by atoms with Crippen molar-refractivity contribution in [2.45, 2.75) is 45.6 Å². The average molecular weight is 239 g/mol. The second-order valence-corrected chi connectivity index (χ2v) is 6.03.